The molecule has 0 spiro atoms. The molecule has 11 nitrogen and oxygen atoms in total. The Morgan fingerprint density at radius 3 is 2.17 bits per heavy atom. The maximum atomic E-state index is 13.3. The van der Waals surface area contributed by atoms with Gasteiger partial charge >= 0.3 is 5.97 Å². The minimum atomic E-state index is -1.20. The number of nitrogens with two attached hydrogens (primary N) is 1. The average Bonchev–Trinajstić information content (AvgIpc) is 3.22. The van der Waals surface area contributed by atoms with Crippen LogP contribution in [0.5, 0.6) is 0 Å². The maximum absolute atomic E-state index is 13.3. The Morgan fingerprint density at radius 1 is 0.944 bits per heavy atom. The van der Waals surface area contributed by atoms with Gasteiger partial charge in [0, 0.05) is 23.5 Å². The molecule has 0 aliphatic carbocycles. The second-order valence-corrected chi connectivity index (χ2v) is 9.67. The van der Waals surface area contributed by atoms with E-state index in [1.54, 1.807) is 20.0 Å². The van der Waals surface area contributed by atoms with Gasteiger partial charge in [0.1, 0.15) is 24.2 Å². The van der Waals surface area contributed by atoms with E-state index >= 15 is 0 Å². The van der Waals surface area contributed by atoms with E-state index in [4.69, 9.17) is 10.8 Å². The van der Waals surface area contributed by atoms with E-state index in [1.165, 1.54) is 0 Å². The highest BCUT2D eigenvalue weighted by Crippen LogP contribution is 2.19. The summed E-state index contributed by atoms with van der Waals surface area (Å²) in [6.07, 6.45) is 2.05. The molecule has 0 bridgehead atoms. The topological polar surface area (TPSA) is 187 Å². The third-order valence-electron chi connectivity index (χ3n) is 5.83. The SMILES string of the molecule is CC(C)CC(NC(=O)C(Cc1c[nH]c2ccccc12)NC(=O)C(NC(=O)C(N)CO)C(C)C)C(=O)O. The molecule has 11 heteroatoms. The summed E-state index contributed by atoms with van der Waals surface area (Å²) < 4.78 is 0. The summed E-state index contributed by atoms with van der Waals surface area (Å²) in [6.45, 7) is 6.54. The number of amides is 3. The smallest absolute Gasteiger partial charge is 0.326 e. The van der Waals surface area contributed by atoms with Crippen LogP contribution in [0.3, 0.4) is 0 Å². The molecule has 198 valence electrons. The molecular weight excluding hydrogens is 466 g/mol. The van der Waals surface area contributed by atoms with Gasteiger partial charge in [0.05, 0.1) is 6.61 Å². The molecule has 0 fully saturated rings. The molecule has 8 N–H and O–H groups in total. The van der Waals surface area contributed by atoms with Gasteiger partial charge in [-0.05, 0) is 29.9 Å². The molecule has 2 aromatic rings. The fourth-order valence-corrected chi connectivity index (χ4v) is 3.83. The van der Waals surface area contributed by atoms with Crippen LogP contribution >= 0.6 is 0 Å². The monoisotopic (exact) mass is 503 g/mol. The van der Waals surface area contributed by atoms with Gasteiger partial charge in [-0.15, -0.1) is 0 Å². The van der Waals surface area contributed by atoms with Crippen molar-refractivity contribution >= 4 is 34.6 Å². The number of nitrogens with one attached hydrogen (secondary N) is 4. The first-order valence-electron chi connectivity index (χ1n) is 12.0. The molecule has 4 atom stereocenters. The van der Waals surface area contributed by atoms with Crippen molar-refractivity contribution in [1.29, 1.82) is 0 Å². The van der Waals surface area contributed by atoms with Crippen molar-refractivity contribution in [3.63, 3.8) is 0 Å². The second-order valence-electron chi connectivity index (χ2n) is 9.67. The zero-order valence-electron chi connectivity index (χ0n) is 21.1. The molecule has 2 rings (SSSR count). The number of hydrogen-bond acceptors (Lipinski definition) is 6. The Kier molecular flexibility index (Phi) is 10.4. The van der Waals surface area contributed by atoms with E-state index in [2.05, 4.69) is 20.9 Å². The fraction of sp³-hybridized carbons (Fsp3) is 0.520. The van der Waals surface area contributed by atoms with Crippen molar-refractivity contribution in [1.82, 2.24) is 20.9 Å². The summed E-state index contributed by atoms with van der Waals surface area (Å²) in [5, 5.41) is 27.3. The number of aromatic amines is 1. The number of rotatable bonds is 13. The van der Waals surface area contributed by atoms with E-state index in [-0.39, 0.29) is 24.7 Å². The van der Waals surface area contributed by atoms with Gasteiger partial charge in [0.25, 0.3) is 0 Å². The summed E-state index contributed by atoms with van der Waals surface area (Å²) in [7, 11) is 0. The summed E-state index contributed by atoms with van der Waals surface area (Å²) in [4.78, 5) is 53.5. The molecule has 0 radical (unpaired) electrons. The molecule has 36 heavy (non-hydrogen) atoms. The molecule has 1 aromatic carbocycles. The van der Waals surface area contributed by atoms with Crippen molar-refractivity contribution in [2.75, 3.05) is 6.61 Å². The van der Waals surface area contributed by atoms with Gasteiger partial charge in [-0.2, -0.15) is 0 Å². The fourth-order valence-electron chi connectivity index (χ4n) is 3.83. The highest BCUT2D eigenvalue weighted by Gasteiger charge is 2.32. The van der Waals surface area contributed by atoms with Gasteiger partial charge in [-0.3, -0.25) is 14.4 Å². The molecule has 0 aliphatic heterocycles. The standard InChI is InChI=1S/C25H37N5O6/c1-13(2)9-20(25(35)36)29-23(33)19(10-15-11-27-18-8-6-5-7-16(15)18)28-24(34)21(14(3)4)30-22(32)17(26)12-31/h5-8,11,13-14,17,19-21,27,31H,9-10,12,26H2,1-4H3,(H,28,34)(H,29,33)(H,30,32)(H,35,36). The average molecular weight is 504 g/mol. The number of hydrogen-bond donors (Lipinski definition) is 7. The highest BCUT2D eigenvalue weighted by atomic mass is 16.4. The number of para-hydroxylation sites is 1. The third kappa shape index (κ3) is 7.79. The highest BCUT2D eigenvalue weighted by molar-refractivity contribution is 5.95. The number of carboxylic acids is 1. The van der Waals surface area contributed by atoms with Crippen LogP contribution in [0.2, 0.25) is 0 Å². The number of H-pyrrole nitrogens is 1. The number of benzene rings is 1. The zero-order valence-corrected chi connectivity index (χ0v) is 21.1. The van der Waals surface area contributed by atoms with E-state index in [0.717, 1.165) is 16.5 Å². The predicted molar refractivity (Wildman–Crippen MR) is 135 cm³/mol. The Labute approximate surface area is 210 Å². The maximum Gasteiger partial charge on any atom is 0.326 e. The van der Waals surface area contributed by atoms with Crippen molar-refractivity contribution in [3.8, 4) is 0 Å². The van der Waals surface area contributed by atoms with Crippen LogP contribution in [0.4, 0.5) is 0 Å². The Bertz CT molecular complexity index is 1070. The van der Waals surface area contributed by atoms with E-state index in [0.29, 0.717) is 0 Å². The zero-order chi connectivity index (χ0) is 27.0. The molecule has 4 unspecified atom stereocenters. The Hall–Kier alpha value is -3.44. The summed E-state index contributed by atoms with van der Waals surface area (Å²) in [6, 6.07) is 3.01. The van der Waals surface area contributed by atoms with Crippen molar-refractivity contribution in [2.24, 2.45) is 17.6 Å². The van der Waals surface area contributed by atoms with Crippen LogP contribution in [0, 0.1) is 11.8 Å². The summed E-state index contributed by atoms with van der Waals surface area (Å²) >= 11 is 0. The first-order valence-corrected chi connectivity index (χ1v) is 12.0. The molecule has 0 saturated carbocycles. The number of aliphatic hydroxyl groups excluding tert-OH is 1. The molecule has 0 saturated heterocycles. The quantitative estimate of drug-likeness (QED) is 0.204. The number of aliphatic carboxylic acids is 1. The summed E-state index contributed by atoms with van der Waals surface area (Å²) in [5.74, 6) is -3.48. The number of aromatic nitrogens is 1. The lowest BCUT2D eigenvalue weighted by atomic mass is 9.99. The Balaban J connectivity index is 2.32. The van der Waals surface area contributed by atoms with E-state index in [9.17, 15) is 24.3 Å². The normalized spacial score (nSPS) is 14.8. The van der Waals surface area contributed by atoms with Crippen LogP contribution in [0.1, 0.15) is 39.7 Å². The first kappa shape index (κ1) is 28.8. The number of fused-ring (bicyclic) bond motifs is 1. The predicted octanol–water partition coefficient (Wildman–Crippen LogP) is 0.271. The minimum absolute atomic E-state index is 0.0179. The number of carbonyl (C=O) groups excluding carboxylic acids is 3. The molecule has 1 aromatic heterocycles. The largest absolute Gasteiger partial charge is 0.480 e. The lowest BCUT2D eigenvalue weighted by Gasteiger charge is -2.27. The second kappa shape index (κ2) is 13.0. The number of aliphatic hydroxyl groups is 1. The number of carboxylic acid groups (broad SMARTS) is 1. The first-order chi connectivity index (χ1) is 16.9. The molecule has 3 amide bonds. The Morgan fingerprint density at radius 2 is 1.58 bits per heavy atom. The van der Waals surface area contributed by atoms with E-state index < -0.39 is 54.5 Å². The van der Waals surface area contributed by atoms with Gasteiger partial charge < -0.3 is 36.9 Å². The van der Waals surface area contributed by atoms with Crippen LogP contribution < -0.4 is 21.7 Å². The van der Waals surface area contributed by atoms with Gasteiger partial charge in [-0.25, -0.2) is 4.79 Å². The van der Waals surface area contributed by atoms with Crippen LogP contribution in [0.15, 0.2) is 30.5 Å². The van der Waals surface area contributed by atoms with Crippen LogP contribution in [-0.2, 0) is 25.6 Å². The molecular formula is C25H37N5O6. The van der Waals surface area contributed by atoms with Crippen molar-refractivity contribution in [3.05, 3.63) is 36.0 Å². The lowest BCUT2D eigenvalue weighted by Crippen LogP contribution is -2.59. The minimum Gasteiger partial charge on any atom is -0.480 e. The van der Waals surface area contributed by atoms with Crippen LogP contribution in [-0.4, -0.2) is 69.7 Å². The molecule has 1 heterocycles. The van der Waals surface area contributed by atoms with Crippen molar-refractivity contribution in [2.45, 2.75) is 64.7 Å². The molecule has 0 aliphatic rings. The lowest BCUT2D eigenvalue weighted by molar-refractivity contribution is -0.142. The van der Waals surface area contributed by atoms with Crippen LogP contribution in [0.25, 0.3) is 10.9 Å². The van der Waals surface area contributed by atoms with Gasteiger partial charge in [-0.1, -0.05) is 45.9 Å². The van der Waals surface area contributed by atoms with Gasteiger partial charge in [0.15, 0.2) is 0 Å². The third-order valence-corrected chi connectivity index (χ3v) is 5.83. The van der Waals surface area contributed by atoms with E-state index in [1.807, 2.05) is 38.1 Å². The summed E-state index contributed by atoms with van der Waals surface area (Å²) in [5.41, 5.74) is 7.18. The number of carbonyl (C=O) groups is 4. The van der Waals surface area contributed by atoms with Crippen molar-refractivity contribution < 1.29 is 29.4 Å². The van der Waals surface area contributed by atoms with Gasteiger partial charge in [0.2, 0.25) is 17.7 Å².